The Morgan fingerprint density at radius 1 is 0.270 bits per heavy atom. The number of hydrogen-bond acceptors (Lipinski definition) is 4. The molecule has 0 spiro atoms. The van der Waals surface area contributed by atoms with Gasteiger partial charge >= 0.3 is 0 Å². The second-order valence-corrected chi connectivity index (χ2v) is 21.4. The molecule has 2 nitrogen and oxygen atoms in total. The van der Waals surface area contributed by atoms with Crippen LogP contribution in [-0.4, -0.2) is 9.97 Å². The molecule has 12 aromatic carbocycles. The Bertz CT molecular complexity index is 4160. The fourth-order valence-corrected chi connectivity index (χ4v) is 13.4. The van der Waals surface area contributed by atoms with Gasteiger partial charge in [-0.3, -0.25) is 0 Å². The molecule has 14 aromatic rings. The minimum atomic E-state index is 1.02. The smallest absolute Gasteiger partial charge is 0.124 e. The van der Waals surface area contributed by atoms with E-state index in [-0.39, 0.29) is 0 Å². The Morgan fingerprint density at radius 2 is 0.581 bits per heavy atom. The summed E-state index contributed by atoms with van der Waals surface area (Å²) in [5.74, 6) is 0. The predicted octanol–water partition coefficient (Wildman–Crippen LogP) is 20.3. The van der Waals surface area contributed by atoms with Crippen LogP contribution in [0.4, 0.5) is 0 Å². The quantitative estimate of drug-likeness (QED) is 0.142. The maximum atomic E-state index is 5.14. The molecule has 0 saturated heterocycles. The van der Waals surface area contributed by atoms with Crippen molar-refractivity contribution in [1.82, 2.24) is 9.97 Å². The summed E-state index contributed by atoms with van der Waals surface area (Å²) < 4.78 is 2.41. The maximum absolute atomic E-state index is 5.14. The minimum absolute atomic E-state index is 1.02. The van der Waals surface area contributed by atoms with Gasteiger partial charge in [-0.15, -0.1) is 22.7 Å². The first-order valence-electron chi connectivity index (χ1n) is 25.2. The zero-order chi connectivity index (χ0) is 49.3. The molecule has 14 rings (SSSR count). The van der Waals surface area contributed by atoms with Crippen LogP contribution in [-0.2, 0) is 0 Å². The predicted molar refractivity (Wildman–Crippen MR) is 318 cm³/mol. The number of benzene rings is 12. The number of aryl methyl sites for hydroxylation is 2. The van der Waals surface area contributed by atoms with E-state index in [0.717, 1.165) is 43.3 Å². The van der Waals surface area contributed by atoms with Crippen molar-refractivity contribution in [2.45, 2.75) is 13.8 Å². The van der Waals surface area contributed by atoms with Gasteiger partial charge in [-0.2, -0.15) is 0 Å². The average molecular weight is 979 g/mol. The molecule has 0 bridgehead atoms. The highest BCUT2D eigenvalue weighted by atomic mass is 32.1. The Hall–Kier alpha value is -8.80. The lowest BCUT2D eigenvalue weighted by Crippen LogP contribution is -1.99. The van der Waals surface area contributed by atoms with Gasteiger partial charge in [-0.05, 0) is 160 Å². The fraction of sp³-hybridized carbons (Fsp3) is 0.0286. The Kier molecular flexibility index (Phi) is 10.7. The highest BCUT2D eigenvalue weighted by molar-refractivity contribution is 7.22. The normalized spacial score (nSPS) is 11.6. The zero-order valence-electron chi connectivity index (χ0n) is 40.8. The molecule has 0 saturated carbocycles. The SMILES string of the molecule is Cc1ccc2nc(-c3ccc(-c4c5cc(-c6ccccc6)c(-c6ccccc6)cc5c(-c5ccc(-c6nc7ccc(C)cc7s6)cc5)c5c(-c6ccccc6)c6ccccc6c(-c6ccccc6)c45)cc3)sc2c1. The van der Waals surface area contributed by atoms with Gasteiger partial charge in [0.1, 0.15) is 10.0 Å². The van der Waals surface area contributed by atoms with Gasteiger partial charge in [0, 0.05) is 11.1 Å². The van der Waals surface area contributed by atoms with E-state index in [9.17, 15) is 0 Å². The summed E-state index contributed by atoms with van der Waals surface area (Å²) in [6.07, 6.45) is 0. The molecule has 0 aliphatic heterocycles. The van der Waals surface area contributed by atoms with Crippen molar-refractivity contribution in [2.75, 3.05) is 0 Å². The summed E-state index contributed by atoms with van der Waals surface area (Å²) in [4.78, 5) is 10.3. The Morgan fingerprint density at radius 3 is 0.959 bits per heavy atom. The third-order valence-corrected chi connectivity index (χ3v) is 16.8. The van der Waals surface area contributed by atoms with E-state index in [2.05, 4.69) is 257 Å². The standard InChI is InChI=1S/C70H46N2S2/c1-43-27-37-59-61(39-43)73-69(71-59)51-33-29-49(30-34-51)65-57-41-55(45-17-7-3-8-18-45)56(46-19-9-4-10-20-46)42-58(57)66(50-31-35-52(36-32-50)70-72-60-38-28-44(2)40-62(60)74-70)68-64(48-23-13-6-14-24-48)54-26-16-15-25-53(54)63(67(65)68)47-21-11-5-12-22-47/h3-42H,1-2H3. The van der Waals surface area contributed by atoms with Crippen molar-refractivity contribution in [3.8, 4) is 87.9 Å². The molecular formula is C70H46N2S2. The first-order valence-corrected chi connectivity index (χ1v) is 26.8. The molecule has 0 amide bonds. The van der Waals surface area contributed by atoms with Crippen LogP contribution in [0, 0.1) is 13.8 Å². The molecule has 0 aliphatic carbocycles. The monoisotopic (exact) mass is 978 g/mol. The van der Waals surface area contributed by atoms with Crippen molar-refractivity contribution in [3.05, 3.63) is 254 Å². The second-order valence-electron chi connectivity index (χ2n) is 19.3. The van der Waals surface area contributed by atoms with E-state index >= 15 is 0 Å². The summed E-state index contributed by atoms with van der Waals surface area (Å²) in [6, 6.07) is 89.6. The molecule has 2 aromatic heterocycles. The fourth-order valence-electron chi connectivity index (χ4n) is 11.2. The summed E-state index contributed by atoms with van der Waals surface area (Å²) >= 11 is 3.51. The largest absolute Gasteiger partial charge is 0.236 e. The van der Waals surface area contributed by atoms with Crippen molar-refractivity contribution in [3.63, 3.8) is 0 Å². The number of aromatic nitrogens is 2. The van der Waals surface area contributed by atoms with E-state index in [1.807, 2.05) is 0 Å². The van der Waals surface area contributed by atoms with Crippen molar-refractivity contribution < 1.29 is 0 Å². The molecule has 0 radical (unpaired) electrons. The number of hydrogen-bond donors (Lipinski definition) is 0. The molecule has 0 unspecified atom stereocenters. The first-order chi connectivity index (χ1) is 36.5. The van der Waals surface area contributed by atoms with Gasteiger partial charge in [0.15, 0.2) is 0 Å². The van der Waals surface area contributed by atoms with Gasteiger partial charge < -0.3 is 0 Å². The lowest BCUT2D eigenvalue weighted by Gasteiger charge is -2.26. The zero-order valence-corrected chi connectivity index (χ0v) is 42.4. The van der Waals surface area contributed by atoms with Crippen LogP contribution < -0.4 is 0 Å². The van der Waals surface area contributed by atoms with Crippen molar-refractivity contribution in [2.24, 2.45) is 0 Å². The Balaban J connectivity index is 1.17. The van der Waals surface area contributed by atoms with Gasteiger partial charge in [0.2, 0.25) is 0 Å². The molecule has 4 heteroatoms. The van der Waals surface area contributed by atoms with Crippen LogP contribution in [0.5, 0.6) is 0 Å². The first kappa shape index (κ1) is 43.9. The topological polar surface area (TPSA) is 25.8 Å². The molecule has 348 valence electrons. The molecular weight excluding hydrogens is 933 g/mol. The number of fused-ring (bicyclic) bond motifs is 5. The number of nitrogens with zero attached hydrogens (tertiary/aromatic N) is 2. The summed E-state index contributed by atoms with van der Waals surface area (Å²) in [5, 5.41) is 9.28. The van der Waals surface area contributed by atoms with Gasteiger partial charge in [-0.1, -0.05) is 206 Å². The highest BCUT2D eigenvalue weighted by Gasteiger charge is 2.28. The second kappa shape index (κ2) is 18.0. The minimum Gasteiger partial charge on any atom is -0.236 e. The molecule has 2 heterocycles. The number of rotatable bonds is 8. The van der Waals surface area contributed by atoms with Crippen LogP contribution in [0.2, 0.25) is 0 Å². The van der Waals surface area contributed by atoms with Gasteiger partial charge in [0.05, 0.1) is 20.4 Å². The maximum Gasteiger partial charge on any atom is 0.124 e. The van der Waals surface area contributed by atoms with Crippen LogP contribution >= 0.6 is 22.7 Å². The molecule has 0 aliphatic rings. The molecule has 0 N–H and O–H groups in total. The van der Waals surface area contributed by atoms with E-state index in [0.29, 0.717) is 0 Å². The van der Waals surface area contributed by atoms with Crippen molar-refractivity contribution in [1.29, 1.82) is 0 Å². The van der Waals surface area contributed by atoms with Crippen LogP contribution in [0.3, 0.4) is 0 Å². The number of thiazole rings is 2. The van der Waals surface area contributed by atoms with E-state index < -0.39 is 0 Å². The van der Waals surface area contributed by atoms with Crippen LogP contribution in [0.1, 0.15) is 11.1 Å². The van der Waals surface area contributed by atoms with E-state index in [1.165, 1.54) is 108 Å². The molecule has 0 atom stereocenters. The van der Waals surface area contributed by atoms with Crippen LogP contribution in [0.25, 0.3) is 141 Å². The third-order valence-electron chi connectivity index (χ3n) is 14.6. The van der Waals surface area contributed by atoms with Gasteiger partial charge in [-0.25, -0.2) is 9.97 Å². The van der Waals surface area contributed by atoms with Gasteiger partial charge in [0.25, 0.3) is 0 Å². The lowest BCUT2D eigenvalue weighted by molar-refractivity contribution is 1.45. The lowest BCUT2D eigenvalue weighted by atomic mass is 9.76. The van der Waals surface area contributed by atoms with E-state index in [1.54, 1.807) is 22.7 Å². The van der Waals surface area contributed by atoms with Crippen molar-refractivity contribution >= 4 is 75.4 Å². The summed E-state index contributed by atoms with van der Waals surface area (Å²) in [5.41, 5.74) is 20.9. The van der Waals surface area contributed by atoms with E-state index in [4.69, 9.17) is 9.97 Å². The molecule has 0 fully saturated rings. The Labute approximate surface area is 438 Å². The third kappa shape index (κ3) is 7.53. The molecule has 74 heavy (non-hydrogen) atoms. The van der Waals surface area contributed by atoms with Crippen LogP contribution in [0.15, 0.2) is 243 Å². The summed E-state index contributed by atoms with van der Waals surface area (Å²) in [6.45, 7) is 4.30. The average Bonchev–Trinajstić information content (AvgIpc) is 4.10. The summed E-state index contributed by atoms with van der Waals surface area (Å²) in [7, 11) is 0. The highest BCUT2D eigenvalue weighted by Crippen LogP contribution is 2.55.